The number of aromatic nitrogens is 4. The highest BCUT2D eigenvalue weighted by molar-refractivity contribution is 5.84. The Morgan fingerprint density at radius 2 is 1.92 bits per heavy atom. The van der Waals surface area contributed by atoms with Crippen molar-refractivity contribution in [3.05, 3.63) is 41.9 Å². The molecule has 2 N–H and O–H groups in total. The molecule has 0 saturated heterocycles. The van der Waals surface area contributed by atoms with Crippen molar-refractivity contribution in [3.63, 3.8) is 0 Å². The predicted octanol–water partition coefficient (Wildman–Crippen LogP) is 5.55. The van der Waals surface area contributed by atoms with Gasteiger partial charge in [-0.1, -0.05) is 27.2 Å². The van der Waals surface area contributed by atoms with Gasteiger partial charge in [0.1, 0.15) is 18.2 Å². The summed E-state index contributed by atoms with van der Waals surface area (Å²) in [7, 11) is 0. The number of fused-ring (bicyclic) bond motifs is 1. The third-order valence-corrected chi connectivity index (χ3v) is 5.96. The number of benzene rings is 1. The van der Waals surface area contributed by atoms with E-state index in [1.807, 2.05) is 20.8 Å². The fraction of sp³-hybridized carbons (Fsp3) is 0.556. The van der Waals surface area contributed by atoms with Crippen molar-refractivity contribution in [1.29, 1.82) is 0 Å². The number of nitrogens with zero attached hydrogens (tertiary/aromatic N) is 4. The van der Waals surface area contributed by atoms with Gasteiger partial charge in [-0.2, -0.15) is 18.2 Å². The van der Waals surface area contributed by atoms with Crippen LogP contribution in [0.2, 0.25) is 0 Å². The van der Waals surface area contributed by atoms with Crippen molar-refractivity contribution in [2.75, 3.05) is 25.1 Å². The van der Waals surface area contributed by atoms with E-state index in [9.17, 15) is 18.0 Å². The Morgan fingerprint density at radius 1 is 1.13 bits per heavy atom. The molecule has 0 spiro atoms. The van der Waals surface area contributed by atoms with Gasteiger partial charge in [-0.15, -0.1) is 0 Å². The third kappa shape index (κ3) is 8.14. The Kier molecular flexibility index (Phi) is 10.5. The lowest BCUT2D eigenvalue weighted by molar-refractivity contribution is -0.137. The van der Waals surface area contributed by atoms with E-state index >= 15 is 0 Å². The van der Waals surface area contributed by atoms with Crippen LogP contribution in [0.4, 0.5) is 19.0 Å². The molecule has 0 unspecified atom stereocenters. The van der Waals surface area contributed by atoms with Crippen molar-refractivity contribution >= 4 is 22.8 Å². The van der Waals surface area contributed by atoms with E-state index in [2.05, 4.69) is 32.5 Å². The number of alkyl halides is 3. The average molecular weight is 535 g/mol. The molecule has 8 nitrogen and oxygen atoms in total. The van der Waals surface area contributed by atoms with Gasteiger partial charge in [0.05, 0.1) is 16.6 Å². The highest BCUT2D eigenvalue weighted by atomic mass is 19.4. The van der Waals surface area contributed by atoms with Gasteiger partial charge in [0.15, 0.2) is 0 Å². The Balaban J connectivity index is 1.93. The molecule has 0 bridgehead atoms. The van der Waals surface area contributed by atoms with E-state index in [0.717, 1.165) is 30.7 Å². The van der Waals surface area contributed by atoms with Crippen LogP contribution in [0.15, 0.2) is 30.6 Å². The Hall–Kier alpha value is -3.21. The highest BCUT2D eigenvalue weighted by Crippen LogP contribution is 2.31. The number of amides is 1. The first kappa shape index (κ1) is 29.3. The van der Waals surface area contributed by atoms with Crippen LogP contribution in [-0.4, -0.2) is 51.2 Å². The predicted molar refractivity (Wildman–Crippen MR) is 141 cm³/mol. The summed E-state index contributed by atoms with van der Waals surface area (Å²) in [6.07, 6.45) is 0.716. The molecule has 0 radical (unpaired) electrons. The van der Waals surface area contributed by atoms with E-state index in [-0.39, 0.29) is 23.3 Å². The first-order chi connectivity index (χ1) is 18.1. The van der Waals surface area contributed by atoms with Crippen LogP contribution in [-0.2, 0) is 22.1 Å². The SMILES string of the molecule is CCCCc1cc(N[C@@H](CC(C)C)C(=O)NCCCOCC)nc(-n2cnc3ccc(C(F)(F)F)cc32)n1. The molecule has 0 aliphatic carbocycles. The van der Waals surface area contributed by atoms with Crippen LogP contribution >= 0.6 is 0 Å². The van der Waals surface area contributed by atoms with Crippen LogP contribution in [0.5, 0.6) is 0 Å². The number of halogens is 3. The molecule has 0 aliphatic rings. The Bertz CT molecular complexity index is 1200. The summed E-state index contributed by atoms with van der Waals surface area (Å²) >= 11 is 0. The molecule has 2 heterocycles. The number of ether oxygens (including phenoxy) is 1. The van der Waals surface area contributed by atoms with Crippen molar-refractivity contribution < 1.29 is 22.7 Å². The Labute approximate surface area is 221 Å². The number of carbonyl (C=O) groups excluding carboxylic acids is 1. The van der Waals surface area contributed by atoms with Gasteiger partial charge < -0.3 is 15.4 Å². The second kappa shape index (κ2) is 13.5. The van der Waals surface area contributed by atoms with Gasteiger partial charge in [0, 0.05) is 31.5 Å². The normalized spacial score (nSPS) is 12.7. The van der Waals surface area contributed by atoms with E-state index in [0.29, 0.717) is 50.4 Å². The summed E-state index contributed by atoms with van der Waals surface area (Å²) < 4.78 is 46.9. The summed E-state index contributed by atoms with van der Waals surface area (Å²) in [4.78, 5) is 26.5. The lowest BCUT2D eigenvalue weighted by Crippen LogP contribution is -2.41. The second-order valence-electron chi connectivity index (χ2n) is 9.63. The molecular formula is C27H37F3N6O2. The maximum absolute atomic E-state index is 13.4. The summed E-state index contributed by atoms with van der Waals surface area (Å²) in [5.41, 5.74) is 0.613. The van der Waals surface area contributed by atoms with Gasteiger partial charge in [-0.25, -0.2) is 9.97 Å². The number of aryl methyl sites for hydroxylation is 1. The lowest BCUT2D eigenvalue weighted by Gasteiger charge is -2.21. The molecule has 3 aromatic rings. The molecule has 208 valence electrons. The first-order valence-corrected chi connectivity index (χ1v) is 13.2. The minimum atomic E-state index is -4.49. The van der Waals surface area contributed by atoms with Crippen LogP contribution in [0, 0.1) is 5.92 Å². The van der Waals surface area contributed by atoms with Gasteiger partial charge in [0.25, 0.3) is 0 Å². The maximum atomic E-state index is 13.4. The van der Waals surface area contributed by atoms with E-state index in [1.54, 1.807) is 6.07 Å². The van der Waals surface area contributed by atoms with E-state index in [4.69, 9.17) is 4.74 Å². The van der Waals surface area contributed by atoms with Crippen molar-refractivity contribution in [2.45, 2.75) is 72.0 Å². The molecule has 38 heavy (non-hydrogen) atoms. The minimum absolute atomic E-state index is 0.145. The summed E-state index contributed by atoms with van der Waals surface area (Å²) in [5.74, 6) is 0.725. The quantitative estimate of drug-likeness (QED) is 0.264. The summed E-state index contributed by atoms with van der Waals surface area (Å²) in [5, 5.41) is 6.21. The number of unbranched alkanes of at least 4 members (excludes halogenated alkanes) is 1. The number of imidazole rings is 1. The average Bonchev–Trinajstić information content (AvgIpc) is 3.29. The van der Waals surface area contributed by atoms with Crippen LogP contribution in [0.3, 0.4) is 0 Å². The lowest BCUT2D eigenvalue weighted by atomic mass is 10.0. The van der Waals surface area contributed by atoms with Gasteiger partial charge in [-0.3, -0.25) is 9.36 Å². The number of hydrogen-bond donors (Lipinski definition) is 2. The van der Waals surface area contributed by atoms with Crippen molar-refractivity contribution in [1.82, 2.24) is 24.8 Å². The first-order valence-electron chi connectivity index (χ1n) is 13.2. The van der Waals surface area contributed by atoms with E-state index < -0.39 is 17.8 Å². The third-order valence-electron chi connectivity index (χ3n) is 5.96. The van der Waals surface area contributed by atoms with Crippen LogP contribution in [0.25, 0.3) is 17.0 Å². The molecule has 3 rings (SSSR count). The monoisotopic (exact) mass is 534 g/mol. The smallest absolute Gasteiger partial charge is 0.382 e. The van der Waals surface area contributed by atoms with Gasteiger partial charge in [0.2, 0.25) is 11.9 Å². The molecule has 1 amide bonds. The van der Waals surface area contributed by atoms with Crippen molar-refractivity contribution in [2.24, 2.45) is 5.92 Å². The number of hydrogen-bond acceptors (Lipinski definition) is 6. The molecule has 0 aliphatic heterocycles. The fourth-order valence-corrected chi connectivity index (χ4v) is 4.03. The maximum Gasteiger partial charge on any atom is 0.416 e. The number of nitrogens with one attached hydrogen (secondary N) is 2. The largest absolute Gasteiger partial charge is 0.416 e. The molecule has 1 atom stereocenters. The van der Waals surface area contributed by atoms with Gasteiger partial charge in [-0.05, 0) is 56.7 Å². The topological polar surface area (TPSA) is 94.0 Å². The van der Waals surface area contributed by atoms with E-state index in [1.165, 1.54) is 17.0 Å². The zero-order valence-corrected chi connectivity index (χ0v) is 22.4. The fourth-order valence-electron chi connectivity index (χ4n) is 4.03. The number of rotatable bonds is 14. The van der Waals surface area contributed by atoms with Crippen LogP contribution < -0.4 is 10.6 Å². The summed E-state index contributed by atoms with van der Waals surface area (Å²) in [6.45, 7) is 9.76. The minimum Gasteiger partial charge on any atom is -0.382 e. The van der Waals surface area contributed by atoms with Gasteiger partial charge >= 0.3 is 6.18 Å². The zero-order chi connectivity index (χ0) is 27.7. The molecule has 0 fully saturated rings. The molecule has 11 heteroatoms. The number of carbonyl (C=O) groups is 1. The molecule has 1 aromatic carbocycles. The molecular weight excluding hydrogens is 497 g/mol. The number of anilines is 1. The zero-order valence-electron chi connectivity index (χ0n) is 22.4. The highest BCUT2D eigenvalue weighted by Gasteiger charge is 2.31. The van der Waals surface area contributed by atoms with Crippen molar-refractivity contribution in [3.8, 4) is 5.95 Å². The molecule has 0 saturated carbocycles. The van der Waals surface area contributed by atoms with Crippen LogP contribution in [0.1, 0.15) is 64.6 Å². The second-order valence-corrected chi connectivity index (χ2v) is 9.63. The Morgan fingerprint density at radius 3 is 2.61 bits per heavy atom. The molecule has 2 aromatic heterocycles. The standard InChI is InChI=1S/C27H37F3N6O2/c1-5-7-9-20-16-24(34-22(14-18(3)4)25(37)31-12-8-13-38-6-2)35-26(33-20)36-17-32-21-11-10-19(15-23(21)36)27(28,29)30/h10-11,15-18,22H,5-9,12-14H2,1-4H3,(H,31,37)(H,33,34,35)/t22-/m0/s1. The summed E-state index contributed by atoms with van der Waals surface area (Å²) in [6, 6.07) is 4.65.